The van der Waals surface area contributed by atoms with Crippen LogP contribution in [0.25, 0.3) is 0 Å². The summed E-state index contributed by atoms with van der Waals surface area (Å²) in [4.78, 5) is 2.39. The van der Waals surface area contributed by atoms with Crippen LogP contribution in [0.2, 0.25) is 0 Å². The highest BCUT2D eigenvalue weighted by Gasteiger charge is 2.26. The van der Waals surface area contributed by atoms with E-state index in [4.69, 9.17) is 14.2 Å². The fourth-order valence-electron chi connectivity index (χ4n) is 3.50. The van der Waals surface area contributed by atoms with Crippen LogP contribution in [0.5, 0.6) is 11.5 Å². The largest absolute Gasteiger partial charge is 0.486 e. The molecule has 30 heavy (non-hydrogen) atoms. The fraction of sp³-hybridized carbons (Fsp3) is 0.429. The summed E-state index contributed by atoms with van der Waals surface area (Å²) in [6.45, 7) is 6.36. The first-order valence-corrected chi connectivity index (χ1v) is 11.3. The molecule has 1 N–H and O–H groups in total. The van der Waals surface area contributed by atoms with Gasteiger partial charge in [0.1, 0.15) is 13.2 Å². The summed E-state index contributed by atoms with van der Waals surface area (Å²) in [6.07, 6.45) is 0. The summed E-state index contributed by atoms with van der Waals surface area (Å²) < 4.78 is 45.7. The van der Waals surface area contributed by atoms with E-state index in [0.29, 0.717) is 44.5 Å². The highest BCUT2D eigenvalue weighted by Crippen LogP contribution is 2.32. The van der Waals surface area contributed by atoms with Gasteiger partial charge in [0.05, 0.1) is 24.2 Å². The number of sulfonamides is 1. The number of aryl methyl sites for hydroxylation is 1. The molecule has 1 unspecified atom stereocenters. The SMILES string of the molecule is Cc1ccc(C(CN2CCOCC2)NS(=O)(=O)c2ccc3c(c2)OCCO3)cc1.Cl. The lowest BCUT2D eigenvalue weighted by Gasteiger charge is -2.31. The monoisotopic (exact) mass is 454 g/mol. The second-order valence-electron chi connectivity index (χ2n) is 7.30. The van der Waals surface area contributed by atoms with Crippen molar-refractivity contribution < 1.29 is 22.6 Å². The zero-order valence-corrected chi connectivity index (χ0v) is 18.5. The Labute approximate surface area is 183 Å². The van der Waals surface area contributed by atoms with Crippen LogP contribution in [-0.4, -0.2) is 59.4 Å². The Morgan fingerprint density at radius 2 is 1.63 bits per heavy atom. The minimum absolute atomic E-state index is 0. The van der Waals surface area contributed by atoms with Crippen LogP contribution < -0.4 is 14.2 Å². The maximum atomic E-state index is 13.2. The van der Waals surface area contributed by atoms with E-state index in [1.54, 1.807) is 12.1 Å². The number of halogens is 1. The van der Waals surface area contributed by atoms with Gasteiger partial charge in [-0.3, -0.25) is 4.90 Å². The molecule has 9 heteroatoms. The highest BCUT2D eigenvalue weighted by atomic mass is 35.5. The molecule has 2 aromatic carbocycles. The molecule has 0 radical (unpaired) electrons. The van der Waals surface area contributed by atoms with Gasteiger partial charge in [-0.15, -0.1) is 12.4 Å². The first kappa shape index (κ1) is 22.8. The molecule has 2 aliphatic rings. The van der Waals surface area contributed by atoms with E-state index in [1.165, 1.54) is 6.07 Å². The van der Waals surface area contributed by atoms with Crippen molar-refractivity contribution in [2.24, 2.45) is 0 Å². The third-order valence-corrected chi connectivity index (χ3v) is 6.61. The molecule has 0 bridgehead atoms. The third-order valence-electron chi connectivity index (χ3n) is 5.15. The summed E-state index contributed by atoms with van der Waals surface area (Å²) in [6, 6.07) is 12.3. The Kier molecular flexibility index (Phi) is 7.60. The molecule has 0 amide bonds. The lowest BCUT2D eigenvalue weighted by molar-refractivity contribution is 0.0345. The summed E-state index contributed by atoms with van der Waals surface area (Å²) in [5, 5.41) is 0. The Morgan fingerprint density at radius 3 is 2.33 bits per heavy atom. The molecular formula is C21H27ClN2O5S. The van der Waals surface area contributed by atoms with Gasteiger partial charge in [-0.2, -0.15) is 0 Å². The van der Waals surface area contributed by atoms with Crippen molar-refractivity contribution in [1.29, 1.82) is 0 Å². The van der Waals surface area contributed by atoms with Gasteiger partial charge < -0.3 is 14.2 Å². The molecule has 164 valence electrons. The summed E-state index contributed by atoms with van der Waals surface area (Å²) >= 11 is 0. The molecule has 0 saturated carbocycles. The number of hydrogen-bond donors (Lipinski definition) is 1. The maximum Gasteiger partial charge on any atom is 0.241 e. The molecule has 2 heterocycles. The number of benzene rings is 2. The van der Waals surface area contributed by atoms with Crippen molar-refractivity contribution in [2.75, 3.05) is 46.1 Å². The number of nitrogens with zero attached hydrogens (tertiary/aromatic N) is 1. The van der Waals surface area contributed by atoms with E-state index >= 15 is 0 Å². The van der Waals surface area contributed by atoms with Gasteiger partial charge >= 0.3 is 0 Å². The van der Waals surface area contributed by atoms with Gasteiger partial charge in [-0.1, -0.05) is 29.8 Å². The third kappa shape index (κ3) is 5.44. The van der Waals surface area contributed by atoms with Crippen molar-refractivity contribution in [3.8, 4) is 11.5 Å². The van der Waals surface area contributed by atoms with Crippen molar-refractivity contribution >= 4 is 22.4 Å². The van der Waals surface area contributed by atoms with E-state index < -0.39 is 10.0 Å². The molecule has 7 nitrogen and oxygen atoms in total. The Bertz CT molecular complexity index is 946. The molecule has 2 aromatic rings. The number of hydrogen-bond acceptors (Lipinski definition) is 6. The van der Waals surface area contributed by atoms with E-state index in [0.717, 1.165) is 24.2 Å². The first-order valence-electron chi connectivity index (χ1n) is 9.80. The van der Waals surface area contributed by atoms with Gasteiger partial charge in [0.15, 0.2) is 11.5 Å². The van der Waals surface area contributed by atoms with Crippen molar-refractivity contribution in [3.63, 3.8) is 0 Å². The average molecular weight is 455 g/mol. The second-order valence-corrected chi connectivity index (χ2v) is 9.02. The highest BCUT2D eigenvalue weighted by molar-refractivity contribution is 7.89. The smallest absolute Gasteiger partial charge is 0.241 e. The first-order chi connectivity index (χ1) is 14.0. The topological polar surface area (TPSA) is 77.1 Å². The van der Waals surface area contributed by atoms with Gasteiger partial charge in [-0.25, -0.2) is 13.1 Å². The van der Waals surface area contributed by atoms with Gasteiger partial charge in [0.2, 0.25) is 10.0 Å². The second kappa shape index (κ2) is 9.98. The molecular weight excluding hydrogens is 428 g/mol. The molecule has 1 saturated heterocycles. The van der Waals surface area contributed by atoms with Crippen LogP contribution in [0, 0.1) is 6.92 Å². The molecule has 4 rings (SSSR count). The lowest BCUT2D eigenvalue weighted by Crippen LogP contribution is -2.43. The summed E-state index contributed by atoms with van der Waals surface area (Å²) in [5.41, 5.74) is 2.07. The van der Waals surface area contributed by atoms with Crippen molar-refractivity contribution in [1.82, 2.24) is 9.62 Å². The van der Waals surface area contributed by atoms with Gasteiger partial charge in [0.25, 0.3) is 0 Å². The number of rotatable bonds is 6. The fourth-order valence-corrected chi connectivity index (χ4v) is 4.73. The van der Waals surface area contributed by atoms with Crippen molar-refractivity contribution in [2.45, 2.75) is 17.9 Å². The van der Waals surface area contributed by atoms with Gasteiger partial charge in [-0.05, 0) is 24.6 Å². The number of nitrogens with one attached hydrogen (secondary N) is 1. The molecule has 0 spiro atoms. The maximum absolute atomic E-state index is 13.2. The number of morpholine rings is 1. The molecule has 2 aliphatic heterocycles. The van der Waals surface area contributed by atoms with Crippen LogP contribution in [0.4, 0.5) is 0 Å². The molecule has 0 aromatic heterocycles. The predicted molar refractivity (Wildman–Crippen MR) is 116 cm³/mol. The quantitative estimate of drug-likeness (QED) is 0.722. The van der Waals surface area contributed by atoms with Gasteiger partial charge in [0, 0.05) is 25.7 Å². The van der Waals surface area contributed by atoms with Crippen LogP contribution in [0.1, 0.15) is 17.2 Å². The van der Waals surface area contributed by atoms with Crippen LogP contribution in [0.3, 0.4) is 0 Å². The standard InChI is InChI=1S/C21H26N2O5S.ClH/c1-16-2-4-17(5-3-16)19(15-23-8-10-26-11-9-23)22-29(24,25)18-6-7-20-21(14-18)28-13-12-27-20;/h2-7,14,19,22H,8-13,15H2,1H3;1H. The van der Waals surface area contributed by atoms with E-state index in [-0.39, 0.29) is 23.3 Å². The van der Waals surface area contributed by atoms with Crippen LogP contribution in [0.15, 0.2) is 47.4 Å². The van der Waals surface area contributed by atoms with Crippen LogP contribution in [-0.2, 0) is 14.8 Å². The normalized spacial score (nSPS) is 17.8. The summed E-state index contributed by atoms with van der Waals surface area (Å²) in [5.74, 6) is 1.03. The zero-order valence-electron chi connectivity index (χ0n) is 16.9. The summed E-state index contributed by atoms with van der Waals surface area (Å²) in [7, 11) is -3.75. The average Bonchev–Trinajstić information content (AvgIpc) is 2.74. The van der Waals surface area contributed by atoms with E-state index in [2.05, 4.69) is 9.62 Å². The number of ether oxygens (including phenoxy) is 3. The van der Waals surface area contributed by atoms with Crippen molar-refractivity contribution in [3.05, 3.63) is 53.6 Å². The minimum Gasteiger partial charge on any atom is -0.486 e. The van der Waals surface area contributed by atoms with Crippen LogP contribution >= 0.6 is 12.4 Å². The lowest BCUT2D eigenvalue weighted by atomic mass is 10.1. The Balaban J connectivity index is 0.00000256. The predicted octanol–water partition coefficient (Wildman–Crippen LogP) is 2.54. The molecule has 1 fully saturated rings. The number of fused-ring (bicyclic) bond motifs is 1. The zero-order chi connectivity index (χ0) is 20.3. The Hall–Kier alpha value is -1.84. The minimum atomic E-state index is -3.75. The Morgan fingerprint density at radius 1 is 0.967 bits per heavy atom. The molecule has 0 aliphatic carbocycles. The van der Waals surface area contributed by atoms with E-state index in [1.807, 2.05) is 31.2 Å². The van der Waals surface area contributed by atoms with E-state index in [9.17, 15) is 8.42 Å². The molecule has 1 atom stereocenters.